The molecule has 0 radical (unpaired) electrons. The summed E-state index contributed by atoms with van der Waals surface area (Å²) in [4.78, 5) is 39.5. The Kier molecular flexibility index (Phi) is 5.19. The Morgan fingerprint density at radius 2 is 0.805 bits per heavy atom. The molecule has 5 aromatic rings. The van der Waals surface area contributed by atoms with E-state index < -0.39 is 6.17 Å². The number of fused-ring (bicyclic) bond motifs is 17. The molecule has 1 aromatic heterocycles. The molecule has 8 bridgehead atoms. The summed E-state index contributed by atoms with van der Waals surface area (Å²) in [6.07, 6.45) is -0.483. The molecule has 0 spiro atoms. The number of rotatable bonds is 0. The van der Waals surface area contributed by atoms with Crippen molar-refractivity contribution in [1.29, 1.82) is 0 Å². The topological polar surface area (TPSA) is 101 Å². The summed E-state index contributed by atoms with van der Waals surface area (Å²) in [7, 11) is 0. The van der Waals surface area contributed by atoms with Gasteiger partial charge in [0.1, 0.15) is 0 Å². The monoisotopic (exact) mass is 576 g/mol. The third kappa shape index (κ3) is 3.57. The molecule has 4 aromatic carbocycles. The number of hydrogen-bond acceptors (Lipinski definition) is 7. The summed E-state index contributed by atoms with van der Waals surface area (Å²) >= 11 is 0. The second-order valence-electron chi connectivity index (χ2n) is 9.79. The molecule has 0 N–H and O–H groups in total. The molecular weight excluding hydrogens is 560 g/mol. The Morgan fingerprint density at radius 1 is 0.415 bits per heavy atom. The number of amidine groups is 5. The Bertz CT molecular complexity index is 2240. The predicted octanol–water partition coefficient (Wildman–Crippen LogP) is 3.92. The second-order valence-corrected chi connectivity index (χ2v) is 9.79. The number of hydrogen-bond donors (Lipinski definition) is 0. The van der Waals surface area contributed by atoms with Crippen LogP contribution in [0.25, 0.3) is 10.8 Å². The molecule has 0 saturated heterocycles. The predicted molar refractivity (Wildman–Crippen MR) is 154 cm³/mol. The molecule has 4 aliphatic heterocycles. The van der Waals surface area contributed by atoms with Crippen molar-refractivity contribution >= 4 is 40.0 Å². The maximum atomic E-state index is 5.03. The van der Waals surface area contributed by atoms with Gasteiger partial charge < -0.3 is 15.0 Å². The summed E-state index contributed by atoms with van der Waals surface area (Å²) in [5.41, 5.74) is 6.65. The fourth-order valence-electron chi connectivity index (χ4n) is 5.59. The van der Waals surface area contributed by atoms with Crippen molar-refractivity contribution in [1.82, 2.24) is 4.98 Å². The van der Waals surface area contributed by atoms with Crippen molar-refractivity contribution < 1.29 is 17.1 Å². The Morgan fingerprint density at radius 3 is 1.37 bits per heavy atom. The molecule has 0 saturated carbocycles. The van der Waals surface area contributed by atoms with Gasteiger partial charge in [0, 0.05) is 44.4 Å². The van der Waals surface area contributed by atoms with Crippen LogP contribution in [0.1, 0.15) is 39.5 Å². The first-order valence-electron chi connectivity index (χ1n) is 13.0. The van der Waals surface area contributed by atoms with Gasteiger partial charge in [0.05, 0.1) is 11.7 Å². The average molecular weight is 577 g/mol. The van der Waals surface area contributed by atoms with E-state index in [2.05, 4.69) is 0 Å². The average Bonchev–Trinajstić information content (AvgIpc) is 3.73. The first-order chi connectivity index (χ1) is 19.8. The van der Waals surface area contributed by atoms with Gasteiger partial charge in [-0.05, 0) is 10.8 Å². The maximum absolute atomic E-state index is 5.03. The van der Waals surface area contributed by atoms with E-state index in [4.69, 9.17) is 39.9 Å². The van der Waals surface area contributed by atoms with Gasteiger partial charge in [0.25, 0.3) is 0 Å². The Labute approximate surface area is 244 Å². The zero-order valence-electron chi connectivity index (χ0n) is 21.2. The van der Waals surface area contributed by atoms with Gasteiger partial charge in [-0.25, -0.2) is 25.0 Å². The van der Waals surface area contributed by atoms with Gasteiger partial charge in [0.15, 0.2) is 23.7 Å². The number of benzene rings is 4. The molecule has 4 aliphatic rings. The molecule has 0 fully saturated rings. The Hall–Kier alpha value is -5.11. The minimum Gasteiger partial charge on any atom is -0.357 e. The van der Waals surface area contributed by atoms with Crippen molar-refractivity contribution in [3.05, 3.63) is 141 Å². The molecule has 9 heteroatoms. The van der Waals surface area contributed by atoms with Gasteiger partial charge >= 0.3 is 17.1 Å². The molecule has 8 nitrogen and oxygen atoms in total. The van der Waals surface area contributed by atoms with E-state index in [-0.39, 0.29) is 17.1 Å². The second kappa shape index (κ2) is 8.96. The molecule has 196 valence electrons. The third-order valence-electron chi connectivity index (χ3n) is 7.47. The number of nitrogens with zero attached hydrogens (tertiary/aromatic N) is 8. The van der Waals surface area contributed by atoms with Crippen molar-refractivity contribution in [2.75, 3.05) is 0 Å². The van der Waals surface area contributed by atoms with Crippen LogP contribution in [0.4, 0.5) is 0 Å². The van der Waals surface area contributed by atoms with E-state index in [0.29, 0.717) is 40.2 Å². The minimum atomic E-state index is -0.483. The normalized spacial score (nSPS) is 17.5. The van der Waals surface area contributed by atoms with Crippen LogP contribution in [0, 0.1) is 0 Å². The molecular formula is C32H17CuN8. The Balaban J connectivity index is 0.00000256. The smallest absolute Gasteiger partial charge is 0.357 e. The SMILES string of the molecule is [Cu+].c1ccc2c(c1)C1=NC2=NC2=NC(N=C3N=C(N=c4[n-]c(c5ccccc45)=N1)c1ccccc13)c1ccccc12. The molecule has 1 atom stereocenters. The largest absolute Gasteiger partial charge is 1.00 e. The number of aromatic nitrogens is 1. The van der Waals surface area contributed by atoms with Gasteiger partial charge in [-0.3, -0.25) is 0 Å². The van der Waals surface area contributed by atoms with E-state index in [9.17, 15) is 0 Å². The molecule has 9 rings (SSSR count). The van der Waals surface area contributed by atoms with Crippen LogP contribution in [0.3, 0.4) is 0 Å². The van der Waals surface area contributed by atoms with Crippen molar-refractivity contribution in [2.24, 2.45) is 34.9 Å². The van der Waals surface area contributed by atoms with Crippen molar-refractivity contribution in [3.63, 3.8) is 0 Å². The number of aliphatic imine (C=N–C) groups is 5. The van der Waals surface area contributed by atoms with Gasteiger partial charge in [0.2, 0.25) is 0 Å². The fourth-order valence-corrected chi connectivity index (χ4v) is 5.59. The summed E-state index contributed by atoms with van der Waals surface area (Å²) in [6.45, 7) is 0. The quantitative estimate of drug-likeness (QED) is 0.256. The maximum Gasteiger partial charge on any atom is 1.00 e. The van der Waals surface area contributed by atoms with Crippen molar-refractivity contribution in [2.45, 2.75) is 6.17 Å². The molecule has 5 heterocycles. The van der Waals surface area contributed by atoms with E-state index in [1.807, 2.05) is 97.1 Å². The van der Waals surface area contributed by atoms with E-state index >= 15 is 0 Å². The van der Waals surface area contributed by atoms with Crippen LogP contribution in [0.15, 0.2) is 132 Å². The molecule has 41 heavy (non-hydrogen) atoms. The first-order valence-corrected chi connectivity index (χ1v) is 13.0. The van der Waals surface area contributed by atoms with Crippen LogP contribution in [-0.2, 0) is 17.1 Å². The van der Waals surface area contributed by atoms with E-state index in [0.717, 1.165) is 44.2 Å². The zero-order chi connectivity index (χ0) is 26.2. The van der Waals surface area contributed by atoms with Crippen LogP contribution in [-0.4, -0.2) is 29.2 Å². The van der Waals surface area contributed by atoms with Gasteiger partial charge in [-0.15, -0.1) is 0 Å². The van der Waals surface area contributed by atoms with Gasteiger partial charge in [-0.2, -0.15) is 0 Å². The molecule has 0 aliphatic carbocycles. The van der Waals surface area contributed by atoms with Crippen LogP contribution >= 0.6 is 0 Å². The van der Waals surface area contributed by atoms with Crippen LogP contribution in [0.5, 0.6) is 0 Å². The first kappa shape index (κ1) is 23.7. The van der Waals surface area contributed by atoms with Crippen molar-refractivity contribution in [3.8, 4) is 0 Å². The zero-order valence-corrected chi connectivity index (χ0v) is 22.1. The van der Waals surface area contributed by atoms with Crippen LogP contribution in [0.2, 0.25) is 0 Å². The summed E-state index contributed by atoms with van der Waals surface area (Å²) in [6, 6.07) is 32.0. The minimum absolute atomic E-state index is 0. The molecule has 0 amide bonds. The van der Waals surface area contributed by atoms with E-state index in [1.54, 1.807) is 0 Å². The fraction of sp³-hybridized carbons (Fsp3) is 0.0312. The van der Waals surface area contributed by atoms with Gasteiger partial charge in [-0.1, -0.05) is 97.1 Å². The third-order valence-corrected chi connectivity index (χ3v) is 7.47. The summed E-state index contributed by atoms with van der Waals surface area (Å²) in [5, 5.41) is 1.80. The van der Waals surface area contributed by atoms with Crippen LogP contribution < -0.4 is 16.0 Å². The molecule has 1 unspecified atom stereocenters. The summed E-state index contributed by atoms with van der Waals surface area (Å²) < 4.78 is 0. The standard InChI is InChI=1S/C32H17N8.Cu/c1-2-10-18-17(9-1)25-33-26(18)38-28-21-13-5-6-14-22(21)30(35-28)40-32-24-16-8-7-15-23(24)31(36-32)39-29-20-12-4-3-11-19(20)27(34-29)37-25;/h1-16,25H;/q-1;+1. The van der Waals surface area contributed by atoms with E-state index in [1.165, 1.54) is 0 Å². The summed E-state index contributed by atoms with van der Waals surface area (Å²) in [5.74, 6) is 2.87.